The molecule has 2 aliphatic rings. The average molecular weight is 946 g/mol. The number of methoxy groups -OCH3 is 2. The van der Waals surface area contributed by atoms with Crippen molar-refractivity contribution in [3.63, 3.8) is 0 Å². The van der Waals surface area contributed by atoms with Crippen LogP contribution in [0.2, 0.25) is 0 Å². The summed E-state index contributed by atoms with van der Waals surface area (Å²) in [5.41, 5.74) is -1.45. The highest BCUT2D eigenvalue weighted by Crippen LogP contribution is 2.36. The Labute approximate surface area is 380 Å². The number of carbonyl (C=O) groups excluding carboxylic acids is 6. The average Bonchev–Trinajstić information content (AvgIpc) is 3.69. The van der Waals surface area contributed by atoms with Gasteiger partial charge in [0, 0.05) is 11.3 Å². The third-order valence-electron chi connectivity index (χ3n) is 8.79. The lowest BCUT2D eigenvalue weighted by Gasteiger charge is -2.49. The fourth-order valence-corrected chi connectivity index (χ4v) is 8.61. The first-order valence-corrected chi connectivity index (χ1v) is 22.3. The van der Waals surface area contributed by atoms with E-state index in [9.17, 15) is 33.0 Å². The zero-order valence-corrected chi connectivity index (χ0v) is 38.6. The second-order valence-electron chi connectivity index (χ2n) is 16.0. The normalized spacial score (nSPS) is 17.8. The Morgan fingerprint density at radius 3 is 2.03 bits per heavy atom. The predicted molar refractivity (Wildman–Crippen MR) is 233 cm³/mol. The number of alkyl halides is 1. The zero-order valence-electron chi connectivity index (χ0n) is 36.2. The van der Waals surface area contributed by atoms with Gasteiger partial charge in [-0.15, -0.1) is 22.9 Å². The lowest BCUT2D eigenvalue weighted by atomic mass is 10.0. The third-order valence-corrected chi connectivity index (χ3v) is 11.5. The van der Waals surface area contributed by atoms with Crippen LogP contribution in [0.25, 0.3) is 0 Å². The minimum atomic E-state index is -1.87. The van der Waals surface area contributed by atoms with E-state index in [1.54, 1.807) is 90.1 Å². The van der Waals surface area contributed by atoms with Crippen LogP contribution in [-0.2, 0) is 71.8 Å². The molecule has 2 aliphatic heterocycles. The third kappa shape index (κ3) is 13.0. The number of ether oxygens (including phenoxy) is 6. The zero-order chi connectivity index (χ0) is 46.9. The van der Waals surface area contributed by atoms with Gasteiger partial charge in [0.15, 0.2) is 10.8 Å². The summed E-state index contributed by atoms with van der Waals surface area (Å²) < 4.78 is 45.6. The molecule has 1 fully saturated rings. The van der Waals surface area contributed by atoms with Crippen molar-refractivity contribution < 1.29 is 66.2 Å². The summed E-state index contributed by atoms with van der Waals surface area (Å²) in [6, 6.07) is 11.9. The maximum atomic E-state index is 14.2. The SMILES string of the molecule is COc1ccc(COC(=O)C2=C(CCl)C[S@@](=O)[C@@H]3[C@H](NC(=O)/C(=N\O[C@@H](CC(=O)OC(C)(C)C)C(=O)OCc4ccc(OC)cc4)c4csc(NC(=O)OC(C)(C)C)n4)C(=O)N23)cc1. The molecule has 64 heavy (non-hydrogen) atoms. The number of hydrogen-bond acceptors (Lipinski definition) is 17. The lowest BCUT2D eigenvalue weighted by Crippen LogP contribution is -2.74. The number of hydrogen-bond donors (Lipinski definition) is 2. The molecule has 5 rings (SSSR count). The molecule has 344 valence electrons. The molecule has 3 heterocycles. The number of thiazole rings is 1. The number of rotatable bonds is 17. The second-order valence-corrected chi connectivity index (χ2v) is 18.7. The molecule has 1 aromatic heterocycles. The summed E-state index contributed by atoms with van der Waals surface area (Å²) in [6.07, 6.45) is -3.33. The Balaban J connectivity index is 1.41. The van der Waals surface area contributed by atoms with Crippen LogP contribution in [0.3, 0.4) is 0 Å². The summed E-state index contributed by atoms with van der Waals surface area (Å²) in [5.74, 6) is -4.02. The number of β-lactam (4-membered cyclic amide) rings is 1. The highest BCUT2D eigenvalue weighted by atomic mass is 35.5. The molecular weight excluding hydrogens is 898 g/mol. The predicted octanol–water partition coefficient (Wildman–Crippen LogP) is 4.72. The molecule has 0 unspecified atom stereocenters. The largest absolute Gasteiger partial charge is 0.497 e. The van der Waals surface area contributed by atoms with Crippen molar-refractivity contribution in [3.05, 3.63) is 82.0 Å². The first kappa shape index (κ1) is 49.0. The van der Waals surface area contributed by atoms with Crippen molar-refractivity contribution >= 4 is 80.4 Å². The summed E-state index contributed by atoms with van der Waals surface area (Å²) in [4.78, 5) is 91.4. The summed E-state index contributed by atoms with van der Waals surface area (Å²) in [7, 11) is 1.14. The Kier molecular flexibility index (Phi) is 16.1. The molecular formula is C42H48ClN5O14S2. The Morgan fingerprint density at radius 2 is 1.48 bits per heavy atom. The number of oxime groups is 1. The van der Waals surface area contributed by atoms with Crippen LogP contribution in [0, 0.1) is 0 Å². The van der Waals surface area contributed by atoms with Crippen LogP contribution in [0.5, 0.6) is 11.5 Å². The number of carbonyl (C=O) groups is 6. The minimum absolute atomic E-state index is 0.0372. The molecule has 2 aromatic carbocycles. The van der Waals surface area contributed by atoms with E-state index in [0.29, 0.717) is 22.6 Å². The number of fused-ring (bicyclic) bond motifs is 1. The number of nitrogens with one attached hydrogen (secondary N) is 2. The summed E-state index contributed by atoms with van der Waals surface area (Å²) in [6.45, 7) is 9.43. The van der Waals surface area contributed by atoms with Gasteiger partial charge in [0.25, 0.3) is 11.8 Å². The van der Waals surface area contributed by atoms with E-state index in [1.165, 1.54) is 19.6 Å². The molecule has 3 aromatic rings. The number of nitrogens with zero attached hydrogens (tertiary/aromatic N) is 3. The van der Waals surface area contributed by atoms with E-state index in [1.807, 2.05) is 0 Å². The Hall–Kier alpha value is -6.06. The lowest BCUT2D eigenvalue weighted by molar-refractivity contribution is -0.169. The monoisotopic (exact) mass is 945 g/mol. The molecule has 2 N–H and O–H groups in total. The van der Waals surface area contributed by atoms with Crippen LogP contribution in [0.1, 0.15) is 64.8 Å². The molecule has 3 amide bonds. The van der Waals surface area contributed by atoms with Gasteiger partial charge in [-0.1, -0.05) is 29.4 Å². The van der Waals surface area contributed by atoms with Crippen molar-refractivity contribution in [2.75, 3.05) is 31.2 Å². The van der Waals surface area contributed by atoms with Crippen molar-refractivity contribution in [3.8, 4) is 11.5 Å². The maximum absolute atomic E-state index is 14.2. The molecule has 0 aliphatic carbocycles. The van der Waals surface area contributed by atoms with Gasteiger partial charge in [0.2, 0.25) is 6.10 Å². The molecule has 22 heteroatoms. The van der Waals surface area contributed by atoms with Crippen LogP contribution < -0.4 is 20.1 Å². The van der Waals surface area contributed by atoms with Crippen LogP contribution in [0.4, 0.5) is 9.93 Å². The van der Waals surface area contributed by atoms with Crippen molar-refractivity contribution in [1.82, 2.24) is 15.2 Å². The van der Waals surface area contributed by atoms with E-state index < -0.39 is 87.5 Å². The molecule has 0 spiro atoms. The Morgan fingerprint density at radius 1 is 0.906 bits per heavy atom. The van der Waals surface area contributed by atoms with E-state index in [4.69, 9.17) is 44.9 Å². The van der Waals surface area contributed by atoms with Gasteiger partial charge in [-0.3, -0.25) is 28.8 Å². The molecule has 0 saturated carbocycles. The van der Waals surface area contributed by atoms with Gasteiger partial charge in [-0.2, -0.15) is 0 Å². The van der Waals surface area contributed by atoms with Gasteiger partial charge in [-0.05, 0) is 82.5 Å². The fourth-order valence-electron chi connectivity index (χ4n) is 5.91. The van der Waals surface area contributed by atoms with Gasteiger partial charge >= 0.3 is 24.0 Å². The standard InChI is InChI=1S/C42H48ClN5O14S2/c1-41(2,3)60-30(49)17-29(37(52)58-19-23-9-13-26(56-7)14-10-23)62-47-31(28-21-63-39(44-28)46-40(54)61-42(4,5)6)34(50)45-32-35(51)48-33(25(18-43)22-64(55)36(32)48)38(53)59-20-24-11-15-27(57-8)16-12-24/h9-16,21,29,32,36H,17-20,22H2,1-8H3,(H,45,50)(H,44,46,54)/b47-31-/t29-,32+,36+,64+/m0/s1. The smallest absolute Gasteiger partial charge is 0.413 e. The highest BCUT2D eigenvalue weighted by molar-refractivity contribution is 7.86. The first-order valence-electron chi connectivity index (χ1n) is 19.5. The van der Waals surface area contributed by atoms with E-state index in [-0.39, 0.29) is 46.9 Å². The number of aromatic nitrogens is 1. The highest BCUT2D eigenvalue weighted by Gasteiger charge is 2.57. The number of anilines is 1. The van der Waals surface area contributed by atoms with Crippen molar-refractivity contribution in [2.45, 2.75) is 89.9 Å². The molecule has 0 radical (unpaired) electrons. The van der Waals surface area contributed by atoms with Gasteiger partial charge in [0.1, 0.15) is 58.7 Å². The van der Waals surface area contributed by atoms with Crippen molar-refractivity contribution in [2.24, 2.45) is 5.16 Å². The number of esters is 3. The number of halogens is 1. The maximum Gasteiger partial charge on any atom is 0.413 e. The first-order chi connectivity index (χ1) is 30.2. The van der Waals surface area contributed by atoms with Gasteiger partial charge < -0.3 is 38.6 Å². The summed E-state index contributed by atoms with van der Waals surface area (Å²) in [5, 5.41) is 8.96. The minimum Gasteiger partial charge on any atom is -0.497 e. The molecule has 4 atom stereocenters. The molecule has 1 saturated heterocycles. The van der Waals surface area contributed by atoms with E-state index in [0.717, 1.165) is 16.2 Å². The van der Waals surface area contributed by atoms with Crippen molar-refractivity contribution in [1.29, 1.82) is 0 Å². The van der Waals surface area contributed by atoms with Gasteiger partial charge in [-0.25, -0.2) is 19.4 Å². The van der Waals surface area contributed by atoms with Gasteiger partial charge in [0.05, 0.1) is 37.2 Å². The second kappa shape index (κ2) is 21.1. The number of benzene rings is 2. The topological polar surface area (TPSA) is 237 Å². The van der Waals surface area contributed by atoms with Crippen LogP contribution >= 0.6 is 22.9 Å². The molecule has 19 nitrogen and oxygen atoms in total. The van der Waals surface area contributed by atoms with Crippen LogP contribution in [0.15, 0.2) is 70.3 Å². The van der Waals surface area contributed by atoms with E-state index >= 15 is 0 Å². The Bertz CT molecular complexity index is 2320. The quantitative estimate of drug-likeness (QED) is 0.0465. The summed E-state index contributed by atoms with van der Waals surface area (Å²) >= 11 is 7.03. The number of amides is 3. The fraction of sp³-hybridized carbons (Fsp3) is 0.429. The van der Waals surface area contributed by atoms with E-state index in [2.05, 4.69) is 20.8 Å². The molecule has 0 bridgehead atoms. The van der Waals surface area contributed by atoms with Crippen LogP contribution in [-0.4, -0.2) is 110 Å².